The van der Waals surface area contributed by atoms with Crippen molar-refractivity contribution in [2.45, 2.75) is 30.7 Å². The van der Waals surface area contributed by atoms with Crippen molar-refractivity contribution in [3.05, 3.63) is 52.7 Å². The van der Waals surface area contributed by atoms with Crippen molar-refractivity contribution in [1.82, 2.24) is 4.98 Å². The van der Waals surface area contributed by atoms with E-state index in [1.54, 1.807) is 18.0 Å². The van der Waals surface area contributed by atoms with Gasteiger partial charge >= 0.3 is 0 Å². The van der Waals surface area contributed by atoms with Crippen LogP contribution in [0.25, 0.3) is 0 Å². The molecule has 0 bridgehead atoms. The Hall–Kier alpha value is -1.81. The third kappa shape index (κ3) is 2.96. The molecule has 2 rings (SSSR count). The zero-order valence-corrected chi connectivity index (χ0v) is 12.1. The molecule has 3 N–H and O–H groups in total. The Labute approximate surface area is 117 Å². The molecular formula is C15H17N3S. The first-order valence-electron chi connectivity index (χ1n) is 6.04. The van der Waals surface area contributed by atoms with Crippen molar-refractivity contribution in [2.24, 2.45) is 5.73 Å². The number of nitrogens with two attached hydrogens (primary N) is 1. The van der Waals surface area contributed by atoms with E-state index in [9.17, 15) is 0 Å². The van der Waals surface area contributed by atoms with Gasteiger partial charge in [0.1, 0.15) is 10.9 Å². The van der Waals surface area contributed by atoms with Crippen LogP contribution in [0.5, 0.6) is 0 Å². The summed E-state index contributed by atoms with van der Waals surface area (Å²) < 4.78 is 0. The van der Waals surface area contributed by atoms with Gasteiger partial charge in [-0.25, -0.2) is 4.98 Å². The van der Waals surface area contributed by atoms with Crippen LogP contribution >= 0.6 is 11.8 Å². The summed E-state index contributed by atoms with van der Waals surface area (Å²) in [5.74, 6) is 0.0680. The van der Waals surface area contributed by atoms with Gasteiger partial charge in [-0.05, 0) is 49.6 Å². The number of hydrogen-bond acceptors (Lipinski definition) is 3. The molecule has 0 unspecified atom stereocenters. The molecule has 3 nitrogen and oxygen atoms in total. The van der Waals surface area contributed by atoms with Gasteiger partial charge in [-0.2, -0.15) is 0 Å². The number of nitrogen functional groups attached to an aromatic ring is 1. The molecule has 1 heterocycles. The minimum atomic E-state index is 0.0680. The number of benzene rings is 1. The van der Waals surface area contributed by atoms with E-state index in [0.717, 1.165) is 21.0 Å². The molecule has 0 saturated heterocycles. The standard InChI is InChI=1S/C15H17N3S/c1-9-4-5-10(2)12(8-9)19-15-13(14(16)17)11(3)6-7-18-15/h4-8H,1-3H3,(H3,16,17). The van der Waals surface area contributed by atoms with Gasteiger partial charge in [0.15, 0.2) is 0 Å². The Bertz CT molecular complexity index is 635. The van der Waals surface area contributed by atoms with E-state index in [4.69, 9.17) is 11.1 Å². The minimum absolute atomic E-state index is 0.0680. The van der Waals surface area contributed by atoms with Crippen molar-refractivity contribution in [2.75, 3.05) is 0 Å². The molecule has 1 aromatic heterocycles. The molecule has 0 amide bonds. The van der Waals surface area contributed by atoms with Crippen LogP contribution in [0.1, 0.15) is 22.3 Å². The fourth-order valence-corrected chi connectivity index (χ4v) is 3.03. The predicted octanol–water partition coefficient (Wildman–Crippen LogP) is 3.44. The maximum atomic E-state index is 7.70. The zero-order chi connectivity index (χ0) is 14.0. The van der Waals surface area contributed by atoms with Crippen LogP contribution < -0.4 is 5.73 Å². The van der Waals surface area contributed by atoms with E-state index < -0.39 is 0 Å². The Morgan fingerprint density at radius 1 is 1.16 bits per heavy atom. The Morgan fingerprint density at radius 2 is 1.89 bits per heavy atom. The lowest BCUT2D eigenvalue weighted by Crippen LogP contribution is -2.14. The third-order valence-electron chi connectivity index (χ3n) is 2.94. The average Bonchev–Trinajstić information content (AvgIpc) is 2.33. The highest BCUT2D eigenvalue weighted by molar-refractivity contribution is 7.99. The smallest absolute Gasteiger partial charge is 0.125 e. The summed E-state index contributed by atoms with van der Waals surface area (Å²) in [4.78, 5) is 5.52. The summed E-state index contributed by atoms with van der Waals surface area (Å²) in [5.41, 5.74) is 9.79. The van der Waals surface area contributed by atoms with Crippen molar-refractivity contribution in [3.8, 4) is 0 Å². The first-order valence-corrected chi connectivity index (χ1v) is 6.86. The molecule has 0 atom stereocenters. The van der Waals surface area contributed by atoms with E-state index in [1.807, 2.05) is 13.0 Å². The highest BCUT2D eigenvalue weighted by atomic mass is 32.2. The van der Waals surface area contributed by atoms with Crippen LogP contribution in [0.15, 0.2) is 40.4 Å². The molecule has 0 fully saturated rings. The first-order chi connectivity index (χ1) is 8.99. The molecule has 0 aliphatic heterocycles. The second-order valence-corrected chi connectivity index (χ2v) is 5.62. The SMILES string of the molecule is Cc1ccc(C)c(Sc2nccc(C)c2C(=N)N)c1. The topological polar surface area (TPSA) is 62.8 Å². The van der Waals surface area contributed by atoms with Gasteiger partial charge in [0.05, 0.1) is 5.56 Å². The van der Waals surface area contributed by atoms with Gasteiger partial charge in [0, 0.05) is 11.1 Å². The lowest BCUT2D eigenvalue weighted by Gasteiger charge is -2.11. The van der Waals surface area contributed by atoms with Gasteiger partial charge < -0.3 is 5.73 Å². The Morgan fingerprint density at radius 3 is 2.58 bits per heavy atom. The Kier molecular flexibility index (Phi) is 3.90. The molecule has 1 aromatic carbocycles. The first kappa shape index (κ1) is 13.6. The number of amidine groups is 1. The molecule has 0 saturated carbocycles. The second-order valence-electron chi connectivity index (χ2n) is 4.59. The number of rotatable bonds is 3. The van der Waals surface area contributed by atoms with Gasteiger partial charge in [-0.1, -0.05) is 23.9 Å². The largest absolute Gasteiger partial charge is 0.384 e. The molecule has 0 aliphatic rings. The minimum Gasteiger partial charge on any atom is -0.384 e. The molecule has 0 aliphatic carbocycles. The monoisotopic (exact) mass is 271 g/mol. The van der Waals surface area contributed by atoms with E-state index in [-0.39, 0.29) is 5.84 Å². The van der Waals surface area contributed by atoms with E-state index in [2.05, 4.69) is 37.0 Å². The van der Waals surface area contributed by atoms with Crippen LogP contribution in [0, 0.1) is 26.2 Å². The number of aromatic nitrogens is 1. The molecule has 4 heteroatoms. The van der Waals surface area contributed by atoms with Gasteiger partial charge in [0.25, 0.3) is 0 Å². The van der Waals surface area contributed by atoms with Gasteiger partial charge in [0.2, 0.25) is 0 Å². The number of hydrogen-bond donors (Lipinski definition) is 2. The van der Waals surface area contributed by atoms with Crippen LogP contribution in [0.2, 0.25) is 0 Å². The number of aryl methyl sites for hydroxylation is 3. The fraction of sp³-hybridized carbons (Fsp3) is 0.200. The van der Waals surface area contributed by atoms with Crippen molar-refractivity contribution < 1.29 is 0 Å². The normalized spacial score (nSPS) is 10.5. The average molecular weight is 271 g/mol. The lowest BCUT2D eigenvalue weighted by atomic mass is 10.1. The molecule has 0 spiro atoms. The Balaban J connectivity index is 2.46. The second kappa shape index (κ2) is 5.45. The highest BCUT2D eigenvalue weighted by Crippen LogP contribution is 2.32. The maximum Gasteiger partial charge on any atom is 0.125 e. The number of pyridine rings is 1. The summed E-state index contributed by atoms with van der Waals surface area (Å²) in [7, 11) is 0. The summed E-state index contributed by atoms with van der Waals surface area (Å²) >= 11 is 1.57. The molecule has 0 radical (unpaired) electrons. The lowest BCUT2D eigenvalue weighted by molar-refractivity contribution is 1.08. The maximum absolute atomic E-state index is 7.70. The summed E-state index contributed by atoms with van der Waals surface area (Å²) in [6.07, 6.45) is 1.76. The van der Waals surface area contributed by atoms with Crippen LogP contribution in [-0.4, -0.2) is 10.8 Å². The quantitative estimate of drug-likeness (QED) is 0.664. The highest BCUT2D eigenvalue weighted by Gasteiger charge is 2.12. The molecular weight excluding hydrogens is 254 g/mol. The predicted molar refractivity (Wildman–Crippen MR) is 80.0 cm³/mol. The van der Waals surface area contributed by atoms with Crippen LogP contribution in [-0.2, 0) is 0 Å². The van der Waals surface area contributed by atoms with Crippen molar-refractivity contribution >= 4 is 17.6 Å². The van der Waals surface area contributed by atoms with Gasteiger partial charge in [-0.3, -0.25) is 5.41 Å². The van der Waals surface area contributed by atoms with Crippen LogP contribution in [0.4, 0.5) is 0 Å². The van der Waals surface area contributed by atoms with E-state index in [1.165, 1.54) is 11.1 Å². The summed E-state index contributed by atoms with van der Waals surface area (Å²) in [6, 6.07) is 8.20. The molecule has 98 valence electrons. The summed E-state index contributed by atoms with van der Waals surface area (Å²) in [6.45, 7) is 6.09. The van der Waals surface area contributed by atoms with E-state index in [0.29, 0.717) is 0 Å². The fourth-order valence-electron chi connectivity index (χ4n) is 1.86. The third-order valence-corrected chi connectivity index (χ3v) is 4.11. The van der Waals surface area contributed by atoms with Gasteiger partial charge in [-0.15, -0.1) is 0 Å². The van der Waals surface area contributed by atoms with Crippen LogP contribution in [0.3, 0.4) is 0 Å². The summed E-state index contributed by atoms with van der Waals surface area (Å²) in [5, 5.41) is 8.50. The zero-order valence-electron chi connectivity index (χ0n) is 11.3. The number of nitrogens with zero attached hydrogens (tertiary/aromatic N) is 1. The molecule has 19 heavy (non-hydrogen) atoms. The van der Waals surface area contributed by atoms with Crippen molar-refractivity contribution in [1.29, 1.82) is 5.41 Å². The van der Waals surface area contributed by atoms with E-state index >= 15 is 0 Å². The van der Waals surface area contributed by atoms with Crippen molar-refractivity contribution in [3.63, 3.8) is 0 Å². The molecule has 2 aromatic rings. The number of nitrogens with one attached hydrogen (secondary N) is 1.